The monoisotopic (exact) mass is 363 g/mol. The summed E-state index contributed by atoms with van der Waals surface area (Å²) in [5.41, 5.74) is 2.17. The number of hydrogen-bond acceptors (Lipinski definition) is 3. The Hall–Kier alpha value is -2.04. The molecule has 0 aliphatic heterocycles. The molecule has 0 heterocycles. The summed E-state index contributed by atoms with van der Waals surface area (Å²) in [7, 11) is 1.54. The molecule has 124 valence electrons. The van der Waals surface area contributed by atoms with Crippen molar-refractivity contribution in [1.82, 2.24) is 5.32 Å². The van der Waals surface area contributed by atoms with Crippen LogP contribution >= 0.6 is 23.2 Å². The van der Waals surface area contributed by atoms with Crippen LogP contribution in [0.25, 0.3) is 0 Å². The van der Waals surface area contributed by atoms with Crippen LogP contribution in [0.4, 0.5) is 0 Å². The molecule has 1 atom stereocenters. The molecule has 0 radical (unpaired) electrons. The molecular weight excluding hydrogens is 349 g/mol. The number of rotatable bonds is 4. The van der Waals surface area contributed by atoms with Gasteiger partial charge in [0.1, 0.15) is 5.75 Å². The lowest BCUT2D eigenvalue weighted by Crippen LogP contribution is -2.33. The molecule has 24 heavy (non-hydrogen) atoms. The molecule has 1 unspecified atom stereocenters. The average Bonchev–Trinajstić information content (AvgIpc) is 3.01. The highest BCUT2D eigenvalue weighted by molar-refractivity contribution is 6.43. The lowest BCUT2D eigenvalue weighted by atomic mass is 10.1. The van der Waals surface area contributed by atoms with Crippen molar-refractivity contribution in [2.24, 2.45) is 0 Å². The van der Waals surface area contributed by atoms with Crippen LogP contribution in [0.2, 0.25) is 10.0 Å². The molecular formula is C18H15Cl2NO3. The molecule has 0 bridgehead atoms. The van der Waals surface area contributed by atoms with Crippen LogP contribution in [0.3, 0.4) is 0 Å². The number of halogens is 2. The Kier molecular flexibility index (Phi) is 4.78. The van der Waals surface area contributed by atoms with Crippen LogP contribution in [-0.2, 0) is 11.2 Å². The summed E-state index contributed by atoms with van der Waals surface area (Å²) in [6, 6.07) is 9.75. The number of carbonyl (C=O) groups is 2. The third kappa shape index (κ3) is 3.12. The normalized spacial score (nSPS) is 15.7. The van der Waals surface area contributed by atoms with Crippen molar-refractivity contribution in [1.29, 1.82) is 0 Å². The Balaban J connectivity index is 1.74. The number of methoxy groups -OCH3 is 1. The fourth-order valence-electron chi connectivity index (χ4n) is 2.88. The van der Waals surface area contributed by atoms with Crippen LogP contribution in [0, 0.1) is 0 Å². The van der Waals surface area contributed by atoms with Crippen LogP contribution in [-0.4, -0.2) is 18.8 Å². The van der Waals surface area contributed by atoms with Crippen LogP contribution in [0.5, 0.6) is 5.75 Å². The maximum atomic E-state index is 12.3. The Morgan fingerprint density at radius 2 is 1.83 bits per heavy atom. The van der Waals surface area contributed by atoms with Gasteiger partial charge in [-0.1, -0.05) is 29.3 Å². The summed E-state index contributed by atoms with van der Waals surface area (Å²) >= 11 is 12.2. The maximum Gasteiger partial charge on any atom is 0.292 e. The van der Waals surface area contributed by atoms with Gasteiger partial charge < -0.3 is 10.1 Å². The summed E-state index contributed by atoms with van der Waals surface area (Å²) in [6.45, 7) is 0. The zero-order valence-electron chi connectivity index (χ0n) is 12.9. The smallest absolute Gasteiger partial charge is 0.292 e. The number of fused-ring (bicyclic) bond motifs is 1. The molecule has 4 nitrogen and oxygen atoms in total. The van der Waals surface area contributed by atoms with Crippen LogP contribution in [0.15, 0.2) is 36.4 Å². The number of benzene rings is 2. The summed E-state index contributed by atoms with van der Waals surface area (Å²) in [5, 5.41) is 3.80. The van der Waals surface area contributed by atoms with E-state index >= 15 is 0 Å². The second kappa shape index (κ2) is 6.83. The van der Waals surface area contributed by atoms with Gasteiger partial charge in [-0.25, -0.2) is 0 Å². The van der Waals surface area contributed by atoms with E-state index in [4.69, 9.17) is 27.9 Å². The van der Waals surface area contributed by atoms with E-state index in [1.54, 1.807) is 37.4 Å². The number of Topliss-reactive ketones (excluding diaryl/α,β-unsaturated/α-hetero) is 1. The average molecular weight is 364 g/mol. The summed E-state index contributed by atoms with van der Waals surface area (Å²) in [4.78, 5) is 24.5. The first-order valence-electron chi connectivity index (χ1n) is 7.47. The number of ether oxygens (including phenoxy) is 1. The molecule has 2 aromatic carbocycles. The van der Waals surface area contributed by atoms with Gasteiger partial charge in [-0.15, -0.1) is 0 Å². The number of ketones is 1. The highest BCUT2D eigenvalue weighted by atomic mass is 35.5. The standard InChI is InChI=1S/C18H15Cl2NO3/c1-24-11-4-2-10(3-5-11)17(22)18(23)21-15-9-7-13-12(15)6-8-14(19)16(13)20/h2-6,8,15H,7,9H2,1H3,(H,21,23). The van der Waals surface area contributed by atoms with Gasteiger partial charge in [0, 0.05) is 5.56 Å². The van der Waals surface area contributed by atoms with Crippen LogP contribution in [0.1, 0.15) is 33.9 Å². The molecule has 0 fully saturated rings. The van der Waals surface area contributed by atoms with Gasteiger partial charge in [0.25, 0.3) is 5.91 Å². The minimum absolute atomic E-state index is 0.232. The Labute approximate surface area is 149 Å². The van der Waals surface area contributed by atoms with E-state index in [9.17, 15) is 9.59 Å². The van der Waals surface area contributed by atoms with Crippen molar-refractivity contribution in [3.8, 4) is 5.75 Å². The Morgan fingerprint density at radius 1 is 1.12 bits per heavy atom. The molecule has 3 rings (SSSR count). The van der Waals surface area contributed by atoms with Gasteiger partial charge in [0.2, 0.25) is 5.78 Å². The third-order valence-corrected chi connectivity index (χ3v) is 5.00. The molecule has 1 amide bonds. The van der Waals surface area contributed by atoms with Crippen molar-refractivity contribution in [3.63, 3.8) is 0 Å². The Morgan fingerprint density at radius 3 is 2.50 bits per heavy atom. The maximum absolute atomic E-state index is 12.3. The number of hydrogen-bond donors (Lipinski definition) is 1. The highest BCUT2D eigenvalue weighted by Crippen LogP contribution is 2.39. The lowest BCUT2D eigenvalue weighted by Gasteiger charge is -2.14. The molecule has 0 spiro atoms. The van der Waals surface area contributed by atoms with Gasteiger partial charge in [0.05, 0.1) is 23.2 Å². The van der Waals surface area contributed by atoms with E-state index in [1.165, 1.54) is 0 Å². The largest absolute Gasteiger partial charge is 0.497 e. The molecule has 1 aliphatic rings. The number of amides is 1. The second-order valence-electron chi connectivity index (χ2n) is 5.55. The molecule has 6 heteroatoms. The van der Waals surface area contributed by atoms with E-state index < -0.39 is 11.7 Å². The van der Waals surface area contributed by atoms with E-state index in [0.29, 0.717) is 27.8 Å². The summed E-state index contributed by atoms with van der Waals surface area (Å²) < 4.78 is 5.04. The molecule has 0 saturated carbocycles. The topological polar surface area (TPSA) is 55.4 Å². The summed E-state index contributed by atoms with van der Waals surface area (Å²) in [5.74, 6) is -0.585. The summed E-state index contributed by atoms with van der Waals surface area (Å²) in [6.07, 6.45) is 1.41. The predicted molar refractivity (Wildman–Crippen MR) is 93.0 cm³/mol. The fraction of sp³-hybridized carbons (Fsp3) is 0.222. The van der Waals surface area contributed by atoms with Crippen molar-refractivity contribution >= 4 is 34.9 Å². The number of carbonyl (C=O) groups excluding carboxylic acids is 2. The van der Waals surface area contributed by atoms with Gasteiger partial charge in [-0.3, -0.25) is 9.59 Å². The van der Waals surface area contributed by atoms with E-state index in [-0.39, 0.29) is 6.04 Å². The van der Waals surface area contributed by atoms with E-state index in [0.717, 1.165) is 17.5 Å². The molecule has 0 aromatic heterocycles. The first kappa shape index (κ1) is 16.8. The van der Waals surface area contributed by atoms with Crippen molar-refractivity contribution in [3.05, 3.63) is 63.1 Å². The van der Waals surface area contributed by atoms with Crippen molar-refractivity contribution < 1.29 is 14.3 Å². The lowest BCUT2D eigenvalue weighted by molar-refractivity contribution is -0.117. The van der Waals surface area contributed by atoms with Gasteiger partial charge >= 0.3 is 0 Å². The molecule has 1 aliphatic carbocycles. The van der Waals surface area contributed by atoms with E-state index in [1.807, 2.05) is 6.07 Å². The SMILES string of the molecule is COc1ccc(C(=O)C(=O)NC2CCc3c2ccc(Cl)c3Cl)cc1. The van der Waals surface area contributed by atoms with E-state index in [2.05, 4.69) is 5.32 Å². The zero-order chi connectivity index (χ0) is 17.3. The second-order valence-corrected chi connectivity index (χ2v) is 6.34. The first-order chi connectivity index (χ1) is 11.5. The number of nitrogens with one attached hydrogen (secondary N) is 1. The molecule has 1 N–H and O–H groups in total. The van der Waals surface area contributed by atoms with Crippen molar-refractivity contribution in [2.45, 2.75) is 18.9 Å². The zero-order valence-corrected chi connectivity index (χ0v) is 14.4. The van der Waals surface area contributed by atoms with Crippen LogP contribution < -0.4 is 10.1 Å². The first-order valence-corrected chi connectivity index (χ1v) is 8.23. The minimum atomic E-state index is -0.635. The third-order valence-electron chi connectivity index (χ3n) is 4.15. The predicted octanol–water partition coefficient (Wildman–Crippen LogP) is 3.99. The fourth-order valence-corrected chi connectivity index (χ4v) is 3.32. The van der Waals surface area contributed by atoms with Crippen molar-refractivity contribution in [2.75, 3.05) is 7.11 Å². The van der Waals surface area contributed by atoms with Gasteiger partial charge in [-0.2, -0.15) is 0 Å². The Bertz CT molecular complexity index is 803. The molecule has 0 saturated heterocycles. The quantitative estimate of drug-likeness (QED) is 0.659. The minimum Gasteiger partial charge on any atom is -0.497 e. The van der Waals surface area contributed by atoms with Gasteiger partial charge in [-0.05, 0) is 54.3 Å². The molecule has 2 aromatic rings. The van der Waals surface area contributed by atoms with Gasteiger partial charge in [0.15, 0.2) is 0 Å². The highest BCUT2D eigenvalue weighted by Gasteiger charge is 2.28.